The SMILES string of the molecule is Cc1ccccc1-n1c(Cn2cnc3cncnc32)nc2cccc(C)c2c1=O. The van der Waals surface area contributed by atoms with Crippen molar-refractivity contribution in [3.8, 4) is 5.69 Å². The van der Waals surface area contributed by atoms with Crippen LogP contribution in [0.5, 0.6) is 0 Å². The van der Waals surface area contributed by atoms with E-state index in [1.807, 2.05) is 60.9 Å². The summed E-state index contributed by atoms with van der Waals surface area (Å²) < 4.78 is 3.59. The first-order chi connectivity index (χ1) is 14.1. The van der Waals surface area contributed by atoms with Crippen LogP contribution in [0.15, 0.2) is 66.1 Å². The highest BCUT2D eigenvalue weighted by Gasteiger charge is 2.17. The molecule has 0 saturated heterocycles. The van der Waals surface area contributed by atoms with Gasteiger partial charge in [-0.25, -0.2) is 19.9 Å². The Morgan fingerprint density at radius 2 is 1.76 bits per heavy atom. The Kier molecular flexibility index (Phi) is 3.94. The summed E-state index contributed by atoms with van der Waals surface area (Å²) in [7, 11) is 0. The minimum absolute atomic E-state index is 0.0727. The van der Waals surface area contributed by atoms with Gasteiger partial charge in [-0.15, -0.1) is 0 Å². The Morgan fingerprint density at radius 3 is 2.62 bits per heavy atom. The summed E-state index contributed by atoms with van der Waals surface area (Å²) in [4.78, 5) is 31.2. The largest absolute Gasteiger partial charge is 0.308 e. The molecule has 0 bridgehead atoms. The third-order valence-corrected chi connectivity index (χ3v) is 5.12. The van der Waals surface area contributed by atoms with E-state index in [1.54, 1.807) is 17.1 Å². The molecule has 3 heterocycles. The van der Waals surface area contributed by atoms with E-state index in [1.165, 1.54) is 6.33 Å². The molecule has 0 saturated carbocycles. The van der Waals surface area contributed by atoms with Crippen LogP contribution in [0.3, 0.4) is 0 Å². The van der Waals surface area contributed by atoms with Gasteiger partial charge in [-0.1, -0.05) is 30.3 Å². The van der Waals surface area contributed by atoms with Crippen LogP contribution in [0.4, 0.5) is 0 Å². The van der Waals surface area contributed by atoms with E-state index in [0.29, 0.717) is 34.4 Å². The van der Waals surface area contributed by atoms with Crippen molar-refractivity contribution in [1.29, 1.82) is 0 Å². The van der Waals surface area contributed by atoms with Crippen molar-refractivity contribution in [3.05, 3.63) is 88.6 Å². The van der Waals surface area contributed by atoms with E-state index in [2.05, 4.69) is 15.0 Å². The maximum absolute atomic E-state index is 13.6. The van der Waals surface area contributed by atoms with Crippen molar-refractivity contribution in [2.45, 2.75) is 20.4 Å². The maximum Gasteiger partial charge on any atom is 0.266 e. The first-order valence-electron chi connectivity index (χ1n) is 9.31. The van der Waals surface area contributed by atoms with Gasteiger partial charge in [0.05, 0.1) is 35.7 Å². The zero-order valence-corrected chi connectivity index (χ0v) is 16.1. The molecule has 5 rings (SSSR count). The second-order valence-corrected chi connectivity index (χ2v) is 7.03. The van der Waals surface area contributed by atoms with Crippen LogP contribution >= 0.6 is 0 Å². The van der Waals surface area contributed by atoms with E-state index < -0.39 is 0 Å². The molecule has 29 heavy (non-hydrogen) atoms. The summed E-state index contributed by atoms with van der Waals surface area (Å²) in [5, 5.41) is 0.636. The Bertz CT molecular complexity index is 1430. The average molecular weight is 382 g/mol. The molecule has 0 radical (unpaired) electrons. The second-order valence-electron chi connectivity index (χ2n) is 7.03. The normalized spacial score (nSPS) is 11.4. The van der Waals surface area contributed by atoms with Crippen molar-refractivity contribution < 1.29 is 0 Å². The number of nitrogens with zero attached hydrogens (tertiary/aromatic N) is 6. The summed E-state index contributed by atoms with van der Waals surface area (Å²) in [5.41, 5.74) is 4.76. The number of hydrogen-bond donors (Lipinski definition) is 0. The van der Waals surface area contributed by atoms with E-state index in [4.69, 9.17) is 4.98 Å². The summed E-state index contributed by atoms with van der Waals surface area (Å²) in [5.74, 6) is 0.625. The van der Waals surface area contributed by atoms with Gasteiger partial charge >= 0.3 is 0 Å². The zero-order chi connectivity index (χ0) is 20.0. The molecule has 0 aliphatic rings. The number of para-hydroxylation sites is 1. The van der Waals surface area contributed by atoms with Crippen LogP contribution in [0.1, 0.15) is 17.0 Å². The molecule has 0 spiro atoms. The first kappa shape index (κ1) is 17.2. The van der Waals surface area contributed by atoms with E-state index in [-0.39, 0.29) is 5.56 Å². The summed E-state index contributed by atoms with van der Waals surface area (Å²) in [6.07, 6.45) is 4.87. The van der Waals surface area contributed by atoms with Crippen molar-refractivity contribution in [3.63, 3.8) is 0 Å². The van der Waals surface area contributed by atoms with Crippen LogP contribution in [-0.2, 0) is 6.54 Å². The molecule has 3 aromatic heterocycles. The van der Waals surface area contributed by atoms with E-state index in [9.17, 15) is 4.79 Å². The Morgan fingerprint density at radius 1 is 0.931 bits per heavy atom. The van der Waals surface area contributed by atoms with Crippen LogP contribution < -0.4 is 5.56 Å². The van der Waals surface area contributed by atoms with Crippen LogP contribution in [0.25, 0.3) is 27.8 Å². The summed E-state index contributed by atoms with van der Waals surface area (Å²) in [6, 6.07) is 13.6. The monoisotopic (exact) mass is 382 g/mol. The smallest absolute Gasteiger partial charge is 0.266 e. The molecule has 0 amide bonds. The van der Waals surface area contributed by atoms with E-state index >= 15 is 0 Å². The lowest BCUT2D eigenvalue weighted by Gasteiger charge is -2.16. The molecule has 5 aromatic rings. The molecule has 7 nitrogen and oxygen atoms in total. The second kappa shape index (κ2) is 6.63. The summed E-state index contributed by atoms with van der Waals surface area (Å²) >= 11 is 0. The lowest BCUT2D eigenvalue weighted by Crippen LogP contribution is -2.26. The van der Waals surface area contributed by atoms with Gasteiger partial charge in [0.15, 0.2) is 5.65 Å². The van der Waals surface area contributed by atoms with Gasteiger partial charge in [-0.2, -0.15) is 0 Å². The van der Waals surface area contributed by atoms with Gasteiger partial charge in [0.25, 0.3) is 5.56 Å². The molecule has 0 fully saturated rings. The zero-order valence-electron chi connectivity index (χ0n) is 16.1. The minimum atomic E-state index is -0.0727. The Balaban J connectivity index is 1.81. The highest BCUT2D eigenvalue weighted by molar-refractivity contribution is 5.81. The minimum Gasteiger partial charge on any atom is -0.308 e. The average Bonchev–Trinajstić information content (AvgIpc) is 3.12. The number of imidazole rings is 1. The van der Waals surface area contributed by atoms with Crippen molar-refractivity contribution >= 4 is 22.1 Å². The van der Waals surface area contributed by atoms with Crippen molar-refractivity contribution in [1.82, 2.24) is 29.1 Å². The lowest BCUT2D eigenvalue weighted by molar-refractivity contribution is 0.716. The number of rotatable bonds is 3. The standard InChI is InChI=1S/C22H18N6O/c1-14-6-3-4-9-18(14)28-19(11-27-13-25-17-10-23-12-24-21(17)27)26-16-8-5-7-15(2)20(16)22(28)29/h3-10,12-13H,11H2,1-2H3. The molecule has 2 aromatic carbocycles. The predicted octanol–water partition coefficient (Wildman–Crippen LogP) is 3.19. The third kappa shape index (κ3) is 2.79. The third-order valence-electron chi connectivity index (χ3n) is 5.12. The fourth-order valence-corrected chi connectivity index (χ4v) is 3.69. The molecule has 0 aliphatic carbocycles. The van der Waals surface area contributed by atoms with Gasteiger partial charge in [0.2, 0.25) is 0 Å². The van der Waals surface area contributed by atoms with Gasteiger partial charge in [0, 0.05) is 0 Å². The van der Waals surface area contributed by atoms with Gasteiger partial charge in [-0.3, -0.25) is 9.36 Å². The van der Waals surface area contributed by atoms with Gasteiger partial charge in [-0.05, 0) is 37.1 Å². The molecule has 0 aliphatic heterocycles. The topological polar surface area (TPSA) is 78.5 Å². The molecule has 7 heteroatoms. The number of aromatic nitrogens is 6. The highest BCUT2D eigenvalue weighted by Crippen LogP contribution is 2.19. The van der Waals surface area contributed by atoms with Crippen molar-refractivity contribution in [2.24, 2.45) is 0 Å². The van der Waals surface area contributed by atoms with Crippen LogP contribution in [0.2, 0.25) is 0 Å². The van der Waals surface area contributed by atoms with E-state index in [0.717, 1.165) is 16.8 Å². The number of hydrogen-bond acceptors (Lipinski definition) is 5. The predicted molar refractivity (Wildman–Crippen MR) is 111 cm³/mol. The molecular weight excluding hydrogens is 364 g/mol. The van der Waals surface area contributed by atoms with Gasteiger partial charge < -0.3 is 4.57 Å². The molecule has 142 valence electrons. The summed E-state index contributed by atoms with van der Waals surface area (Å²) in [6.45, 7) is 4.29. The number of aryl methyl sites for hydroxylation is 2. The van der Waals surface area contributed by atoms with Crippen LogP contribution in [0, 0.1) is 13.8 Å². The molecular formula is C22H18N6O. The van der Waals surface area contributed by atoms with Crippen LogP contribution in [-0.4, -0.2) is 29.1 Å². The fourth-order valence-electron chi connectivity index (χ4n) is 3.69. The number of fused-ring (bicyclic) bond motifs is 2. The first-order valence-corrected chi connectivity index (χ1v) is 9.31. The number of benzene rings is 2. The fraction of sp³-hybridized carbons (Fsp3) is 0.136. The molecule has 0 N–H and O–H groups in total. The maximum atomic E-state index is 13.6. The van der Waals surface area contributed by atoms with Crippen molar-refractivity contribution in [2.75, 3.05) is 0 Å². The lowest BCUT2D eigenvalue weighted by atomic mass is 10.1. The quantitative estimate of drug-likeness (QED) is 0.479. The highest BCUT2D eigenvalue weighted by atomic mass is 16.1. The molecule has 0 unspecified atom stereocenters. The Hall–Kier alpha value is -3.87. The van der Waals surface area contributed by atoms with Gasteiger partial charge in [0.1, 0.15) is 17.7 Å². The Labute approximate surface area is 166 Å². The molecule has 0 atom stereocenters.